The molecule has 3 aliphatic rings. The first-order chi connectivity index (χ1) is 15.0. The van der Waals surface area contributed by atoms with E-state index in [9.17, 15) is 9.59 Å². The van der Waals surface area contributed by atoms with Crippen molar-refractivity contribution in [1.29, 1.82) is 0 Å². The summed E-state index contributed by atoms with van der Waals surface area (Å²) >= 11 is 0. The van der Waals surface area contributed by atoms with Gasteiger partial charge in [-0.1, -0.05) is 35.5 Å². The van der Waals surface area contributed by atoms with E-state index in [-0.39, 0.29) is 23.3 Å². The van der Waals surface area contributed by atoms with Crippen molar-refractivity contribution in [3.05, 3.63) is 47.6 Å². The van der Waals surface area contributed by atoms with Crippen molar-refractivity contribution >= 4 is 17.5 Å². The van der Waals surface area contributed by atoms with Crippen LogP contribution in [0.1, 0.15) is 43.0 Å². The van der Waals surface area contributed by atoms with E-state index in [1.807, 2.05) is 13.0 Å². The van der Waals surface area contributed by atoms with E-state index >= 15 is 0 Å². The molecule has 0 bridgehead atoms. The average molecular weight is 422 g/mol. The topological polar surface area (TPSA) is 113 Å². The molecule has 1 aliphatic carbocycles. The predicted octanol–water partition coefficient (Wildman–Crippen LogP) is 1.29. The number of hydrogen-bond acceptors (Lipinski definition) is 7. The largest absolute Gasteiger partial charge is 0.348 e. The first-order valence-corrected chi connectivity index (χ1v) is 10.8. The smallest absolute Gasteiger partial charge is 0.267 e. The van der Waals surface area contributed by atoms with Crippen molar-refractivity contribution in [1.82, 2.24) is 25.8 Å². The van der Waals surface area contributed by atoms with Gasteiger partial charge in [-0.2, -0.15) is 10.1 Å². The molecule has 3 heterocycles. The van der Waals surface area contributed by atoms with E-state index in [2.05, 4.69) is 55.2 Å². The molecule has 3 atom stereocenters. The molecule has 0 unspecified atom stereocenters. The van der Waals surface area contributed by atoms with Gasteiger partial charge in [-0.25, -0.2) is 5.43 Å². The Bertz CT molecular complexity index is 1020. The zero-order valence-electron chi connectivity index (χ0n) is 17.5. The van der Waals surface area contributed by atoms with Gasteiger partial charge in [0.25, 0.3) is 5.91 Å². The molecule has 2 amide bonds. The van der Waals surface area contributed by atoms with Crippen LogP contribution >= 0.6 is 0 Å². The summed E-state index contributed by atoms with van der Waals surface area (Å²) in [6, 6.07) is 10.4. The maximum Gasteiger partial charge on any atom is 0.267 e. The van der Waals surface area contributed by atoms with Crippen LogP contribution in [-0.4, -0.2) is 51.7 Å². The van der Waals surface area contributed by atoms with Gasteiger partial charge in [-0.15, -0.1) is 0 Å². The summed E-state index contributed by atoms with van der Waals surface area (Å²) in [4.78, 5) is 31.0. The molecule has 1 aromatic carbocycles. The molecule has 2 aliphatic heterocycles. The van der Waals surface area contributed by atoms with Crippen molar-refractivity contribution in [2.45, 2.75) is 50.6 Å². The van der Waals surface area contributed by atoms with Crippen LogP contribution in [-0.2, 0) is 21.5 Å². The zero-order valence-corrected chi connectivity index (χ0v) is 17.5. The number of nitrogens with zero attached hydrogens (tertiary/aromatic N) is 4. The molecular formula is C22H26N6O3. The lowest BCUT2D eigenvalue weighted by molar-refractivity contribution is -0.121. The van der Waals surface area contributed by atoms with E-state index < -0.39 is 0 Å². The molecule has 0 radical (unpaired) electrons. The lowest BCUT2D eigenvalue weighted by Gasteiger charge is -2.25. The molecule has 1 saturated carbocycles. The molecular weight excluding hydrogens is 396 g/mol. The molecule has 162 valence electrons. The lowest BCUT2D eigenvalue weighted by atomic mass is 9.80. The number of rotatable bonds is 5. The molecule has 2 N–H and O–H groups in total. The second kappa shape index (κ2) is 7.88. The van der Waals surface area contributed by atoms with Gasteiger partial charge in [0.15, 0.2) is 5.82 Å². The van der Waals surface area contributed by atoms with Gasteiger partial charge in [0.05, 0.1) is 5.41 Å². The predicted molar refractivity (Wildman–Crippen MR) is 112 cm³/mol. The Balaban J connectivity index is 1.32. The van der Waals surface area contributed by atoms with Gasteiger partial charge in [-0.3, -0.25) is 14.5 Å². The van der Waals surface area contributed by atoms with Crippen LogP contribution in [0, 0.1) is 12.8 Å². The molecule has 31 heavy (non-hydrogen) atoms. The fourth-order valence-corrected chi connectivity index (χ4v) is 5.28. The monoisotopic (exact) mass is 422 g/mol. The highest BCUT2D eigenvalue weighted by Crippen LogP contribution is 2.50. The molecule has 1 aromatic heterocycles. The third kappa shape index (κ3) is 3.85. The van der Waals surface area contributed by atoms with Crippen molar-refractivity contribution in [2.75, 3.05) is 13.1 Å². The normalized spacial score (nSPS) is 28.2. The summed E-state index contributed by atoms with van der Waals surface area (Å²) in [7, 11) is 0. The Morgan fingerprint density at radius 2 is 2.16 bits per heavy atom. The first kappa shape index (κ1) is 19.9. The third-order valence-corrected chi connectivity index (χ3v) is 6.65. The number of hydrogen-bond donors (Lipinski definition) is 2. The maximum atomic E-state index is 12.7. The highest BCUT2D eigenvalue weighted by Gasteiger charge is 2.57. The highest BCUT2D eigenvalue weighted by molar-refractivity contribution is 6.39. The summed E-state index contributed by atoms with van der Waals surface area (Å²) in [6.07, 6.45) is 2.25. The number of carbonyl (C=O) groups excluding carboxylic acids is 2. The number of amides is 2. The Hall–Kier alpha value is -3.07. The fraction of sp³-hybridized carbons (Fsp3) is 0.500. The summed E-state index contributed by atoms with van der Waals surface area (Å²) < 4.78 is 5.66. The van der Waals surface area contributed by atoms with E-state index in [4.69, 9.17) is 4.52 Å². The van der Waals surface area contributed by atoms with Crippen LogP contribution in [0.4, 0.5) is 0 Å². The van der Waals surface area contributed by atoms with Crippen molar-refractivity contribution in [3.63, 3.8) is 0 Å². The van der Waals surface area contributed by atoms with E-state index in [1.165, 1.54) is 5.56 Å². The number of likely N-dealkylation sites (tertiary alicyclic amines) is 1. The van der Waals surface area contributed by atoms with Crippen molar-refractivity contribution in [2.24, 2.45) is 11.0 Å². The Labute approximate surface area is 180 Å². The minimum absolute atomic E-state index is 0.00362. The van der Waals surface area contributed by atoms with Gasteiger partial charge in [0.2, 0.25) is 11.8 Å². The van der Waals surface area contributed by atoms with Crippen molar-refractivity contribution < 1.29 is 14.1 Å². The fourth-order valence-electron chi connectivity index (χ4n) is 5.28. The molecule has 1 saturated heterocycles. The number of carbonyl (C=O) groups is 2. The zero-order chi connectivity index (χ0) is 21.4. The van der Waals surface area contributed by atoms with Crippen LogP contribution < -0.4 is 10.7 Å². The number of aryl methyl sites for hydroxylation is 1. The summed E-state index contributed by atoms with van der Waals surface area (Å²) in [5.41, 5.74) is 3.78. The SMILES string of the molecule is Cc1noc([C@]23C[C@H](NC(=O)C4=NNC(=O)CC4)C[C@H]2CN(Cc2ccccc2)C3)n1. The van der Waals surface area contributed by atoms with Gasteiger partial charge in [0, 0.05) is 38.5 Å². The quantitative estimate of drug-likeness (QED) is 0.751. The standard InChI is InChI=1S/C22H26N6O3/c1-14-23-21(31-27-14)22-10-17(24-20(30)18-7-8-19(29)26-25-18)9-16(22)12-28(13-22)11-15-5-3-2-4-6-15/h2-6,16-17H,7-13H2,1H3,(H,24,30)(H,26,29)/t16-,17+,22-/m0/s1. The minimum Gasteiger partial charge on any atom is -0.348 e. The molecule has 2 fully saturated rings. The lowest BCUT2D eigenvalue weighted by Crippen LogP contribution is -2.42. The van der Waals surface area contributed by atoms with Crippen LogP contribution in [0.15, 0.2) is 40.0 Å². The maximum absolute atomic E-state index is 12.7. The Morgan fingerprint density at radius 3 is 2.87 bits per heavy atom. The van der Waals surface area contributed by atoms with Crippen LogP contribution in [0.2, 0.25) is 0 Å². The molecule has 0 spiro atoms. The third-order valence-electron chi connectivity index (χ3n) is 6.65. The van der Waals surface area contributed by atoms with E-state index in [1.54, 1.807) is 0 Å². The van der Waals surface area contributed by atoms with Crippen molar-refractivity contribution in [3.8, 4) is 0 Å². The summed E-state index contributed by atoms with van der Waals surface area (Å²) in [6.45, 7) is 4.44. The Kier molecular flexibility index (Phi) is 5.05. The van der Waals surface area contributed by atoms with Crippen LogP contribution in [0.25, 0.3) is 0 Å². The van der Waals surface area contributed by atoms with Crippen LogP contribution in [0.5, 0.6) is 0 Å². The molecule has 9 heteroatoms. The van der Waals surface area contributed by atoms with Gasteiger partial charge < -0.3 is 9.84 Å². The number of hydrazone groups is 1. The number of fused-ring (bicyclic) bond motifs is 1. The van der Waals surface area contributed by atoms with Gasteiger partial charge >= 0.3 is 0 Å². The second-order valence-electron chi connectivity index (χ2n) is 8.86. The average Bonchev–Trinajstić information content (AvgIpc) is 3.42. The van der Waals surface area contributed by atoms with Gasteiger partial charge in [0.1, 0.15) is 5.71 Å². The van der Waals surface area contributed by atoms with Gasteiger partial charge in [-0.05, 0) is 31.2 Å². The van der Waals surface area contributed by atoms with E-state index in [0.29, 0.717) is 36.2 Å². The second-order valence-corrected chi connectivity index (χ2v) is 8.86. The molecule has 9 nitrogen and oxygen atoms in total. The minimum atomic E-state index is -0.267. The van der Waals surface area contributed by atoms with Crippen LogP contribution in [0.3, 0.4) is 0 Å². The summed E-state index contributed by atoms with van der Waals surface area (Å²) in [5, 5.41) is 11.1. The highest BCUT2D eigenvalue weighted by atomic mass is 16.5. The summed E-state index contributed by atoms with van der Waals surface area (Å²) in [5.74, 6) is 1.25. The van der Waals surface area contributed by atoms with E-state index in [0.717, 1.165) is 32.5 Å². The molecule has 2 aromatic rings. The first-order valence-electron chi connectivity index (χ1n) is 10.8. The molecule has 5 rings (SSSR count). The number of benzene rings is 1. The number of aromatic nitrogens is 2. The number of nitrogens with one attached hydrogen (secondary N) is 2. The Morgan fingerprint density at radius 1 is 1.32 bits per heavy atom.